The van der Waals surface area contributed by atoms with Gasteiger partial charge >= 0.3 is 0 Å². The van der Waals surface area contributed by atoms with Crippen LogP contribution in [0.15, 0.2) is 48.5 Å². The maximum Gasteiger partial charge on any atom is 0.224 e. The Morgan fingerprint density at radius 1 is 1.04 bits per heavy atom. The van der Waals surface area contributed by atoms with Crippen LogP contribution in [-0.4, -0.2) is 30.4 Å². The summed E-state index contributed by atoms with van der Waals surface area (Å²) in [5, 5.41) is 3.05. The highest BCUT2D eigenvalue weighted by atomic mass is 16.1. The number of benzene rings is 2. The van der Waals surface area contributed by atoms with Crippen LogP contribution in [0.5, 0.6) is 0 Å². The Bertz CT molecular complexity index is 693. The van der Waals surface area contributed by atoms with Gasteiger partial charge in [0.15, 0.2) is 0 Å². The van der Waals surface area contributed by atoms with Gasteiger partial charge in [-0.05, 0) is 41.5 Å². The molecule has 3 nitrogen and oxygen atoms in total. The van der Waals surface area contributed by atoms with E-state index < -0.39 is 0 Å². The fourth-order valence-electron chi connectivity index (χ4n) is 3.42. The monoisotopic (exact) mass is 336 g/mol. The van der Waals surface area contributed by atoms with E-state index in [-0.39, 0.29) is 5.91 Å². The van der Waals surface area contributed by atoms with Gasteiger partial charge in [0.2, 0.25) is 5.91 Å². The minimum Gasteiger partial charge on any atom is -0.356 e. The van der Waals surface area contributed by atoms with E-state index in [4.69, 9.17) is 0 Å². The highest BCUT2D eigenvalue weighted by Gasteiger charge is 2.14. The third kappa shape index (κ3) is 5.17. The van der Waals surface area contributed by atoms with Crippen molar-refractivity contribution in [2.75, 3.05) is 19.6 Å². The fourth-order valence-corrected chi connectivity index (χ4v) is 3.42. The molecular formula is C22H28N2O. The lowest BCUT2D eigenvalue weighted by Crippen LogP contribution is -2.34. The Morgan fingerprint density at radius 3 is 2.52 bits per heavy atom. The normalized spacial score (nSPS) is 14.1. The number of hydrogen-bond donors (Lipinski definition) is 1. The molecule has 2 aromatic carbocycles. The Morgan fingerprint density at radius 2 is 1.76 bits per heavy atom. The average molecular weight is 336 g/mol. The van der Waals surface area contributed by atoms with Crippen LogP contribution in [0.2, 0.25) is 0 Å². The second-order valence-corrected chi connectivity index (χ2v) is 6.85. The first kappa shape index (κ1) is 17.7. The molecule has 0 aromatic heterocycles. The topological polar surface area (TPSA) is 32.3 Å². The first-order chi connectivity index (χ1) is 12.2. The van der Waals surface area contributed by atoms with Gasteiger partial charge in [0, 0.05) is 26.2 Å². The number of hydrogen-bond acceptors (Lipinski definition) is 2. The third-order valence-electron chi connectivity index (χ3n) is 4.98. The summed E-state index contributed by atoms with van der Waals surface area (Å²) < 4.78 is 0. The van der Waals surface area contributed by atoms with Gasteiger partial charge in [-0.2, -0.15) is 0 Å². The van der Waals surface area contributed by atoms with E-state index >= 15 is 0 Å². The second-order valence-electron chi connectivity index (χ2n) is 6.85. The van der Waals surface area contributed by atoms with E-state index in [0.717, 1.165) is 51.0 Å². The van der Waals surface area contributed by atoms with Crippen molar-refractivity contribution in [2.45, 2.75) is 39.2 Å². The maximum atomic E-state index is 12.1. The predicted octanol–water partition coefficient (Wildman–Crippen LogP) is 3.36. The highest BCUT2D eigenvalue weighted by molar-refractivity contribution is 5.78. The molecule has 2 aromatic rings. The number of rotatable bonds is 7. The van der Waals surface area contributed by atoms with E-state index in [0.29, 0.717) is 6.42 Å². The number of aryl methyl sites for hydroxylation is 1. The van der Waals surface area contributed by atoms with Crippen molar-refractivity contribution in [3.05, 3.63) is 70.8 Å². The van der Waals surface area contributed by atoms with Crippen molar-refractivity contribution >= 4 is 5.91 Å². The van der Waals surface area contributed by atoms with Gasteiger partial charge in [0.1, 0.15) is 0 Å². The molecule has 1 aliphatic heterocycles. The van der Waals surface area contributed by atoms with Crippen LogP contribution in [-0.2, 0) is 30.6 Å². The van der Waals surface area contributed by atoms with Crippen LogP contribution in [0, 0.1) is 0 Å². The largest absolute Gasteiger partial charge is 0.356 e. The molecule has 0 bridgehead atoms. The molecule has 1 amide bonds. The number of carbonyl (C=O) groups excluding carboxylic acids is 1. The first-order valence-electron chi connectivity index (χ1n) is 9.38. The highest BCUT2D eigenvalue weighted by Crippen LogP contribution is 2.18. The molecule has 1 heterocycles. The summed E-state index contributed by atoms with van der Waals surface area (Å²) in [5.74, 6) is 0.119. The molecule has 3 heteroatoms. The molecule has 0 saturated carbocycles. The molecule has 0 fully saturated rings. The van der Waals surface area contributed by atoms with Gasteiger partial charge in [0.25, 0.3) is 0 Å². The van der Waals surface area contributed by atoms with Crippen molar-refractivity contribution in [3.63, 3.8) is 0 Å². The lowest BCUT2D eigenvalue weighted by Gasteiger charge is -2.28. The van der Waals surface area contributed by atoms with Crippen molar-refractivity contribution in [1.29, 1.82) is 0 Å². The molecule has 0 spiro atoms. The Labute approximate surface area is 151 Å². The van der Waals surface area contributed by atoms with Gasteiger partial charge < -0.3 is 5.32 Å². The summed E-state index contributed by atoms with van der Waals surface area (Å²) in [7, 11) is 0. The SMILES string of the molecule is CCc1ccc(CC(=O)NCCCN2CCc3ccccc3C2)cc1. The summed E-state index contributed by atoms with van der Waals surface area (Å²) in [6.45, 7) is 6.09. The summed E-state index contributed by atoms with van der Waals surface area (Å²) in [6.07, 6.45) is 3.65. The minimum absolute atomic E-state index is 0.119. The Balaban J connectivity index is 1.35. The van der Waals surface area contributed by atoms with Crippen LogP contribution in [0.1, 0.15) is 35.6 Å². The number of fused-ring (bicyclic) bond motifs is 1. The maximum absolute atomic E-state index is 12.1. The smallest absolute Gasteiger partial charge is 0.224 e. The molecule has 1 N–H and O–H groups in total. The van der Waals surface area contributed by atoms with E-state index in [1.54, 1.807) is 0 Å². The van der Waals surface area contributed by atoms with Crippen LogP contribution >= 0.6 is 0 Å². The average Bonchev–Trinajstić information content (AvgIpc) is 2.66. The van der Waals surface area contributed by atoms with Crippen LogP contribution in [0.3, 0.4) is 0 Å². The predicted molar refractivity (Wildman–Crippen MR) is 103 cm³/mol. The van der Waals surface area contributed by atoms with Gasteiger partial charge in [-0.15, -0.1) is 0 Å². The van der Waals surface area contributed by atoms with E-state index in [1.165, 1.54) is 16.7 Å². The molecule has 0 unspecified atom stereocenters. The molecule has 0 atom stereocenters. The van der Waals surface area contributed by atoms with E-state index in [2.05, 4.69) is 65.7 Å². The van der Waals surface area contributed by atoms with Gasteiger partial charge in [-0.3, -0.25) is 9.69 Å². The Kier molecular flexibility index (Phi) is 6.24. The first-order valence-corrected chi connectivity index (χ1v) is 9.38. The number of nitrogens with zero attached hydrogens (tertiary/aromatic N) is 1. The van der Waals surface area contributed by atoms with Gasteiger partial charge in [0.05, 0.1) is 6.42 Å². The fraction of sp³-hybridized carbons (Fsp3) is 0.409. The summed E-state index contributed by atoms with van der Waals surface area (Å²) in [4.78, 5) is 14.5. The lowest BCUT2D eigenvalue weighted by molar-refractivity contribution is -0.120. The second kappa shape index (κ2) is 8.82. The molecular weight excluding hydrogens is 308 g/mol. The van der Waals surface area contributed by atoms with Gasteiger partial charge in [-0.1, -0.05) is 55.5 Å². The molecule has 1 aliphatic rings. The van der Waals surface area contributed by atoms with Crippen molar-refractivity contribution in [1.82, 2.24) is 10.2 Å². The summed E-state index contributed by atoms with van der Waals surface area (Å²) in [6, 6.07) is 17.0. The van der Waals surface area contributed by atoms with Crippen molar-refractivity contribution < 1.29 is 4.79 Å². The summed E-state index contributed by atoms with van der Waals surface area (Å²) >= 11 is 0. The summed E-state index contributed by atoms with van der Waals surface area (Å²) in [5.41, 5.74) is 5.34. The molecule has 25 heavy (non-hydrogen) atoms. The molecule has 0 radical (unpaired) electrons. The van der Waals surface area contributed by atoms with Crippen LogP contribution < -0.4 is 5.32 Å². The van der Waals surface area contributed by atoms with Crippen LogP contribution in [0.4, 0.5) is 0 Å². The van der Waals surface area contributed by atoms with Crippen LogP contribution in [0.25, 0.3) is 0 Å². The van der Waals surface area contributed by atoms with E-state index in [9.17, 15) is 4.79 Å². The van der Waals surface area contributed by atoms with Gasteiger partial charge in [-0.25, -0.2) is 0 Å². The molecule has 0 aliphatic carbocycles. The van der Waals surface area contributed by atoms with Crippen molar-refractivity contribution in [2.24, 2.45) is 0 Å². The zero-order chi connectivity index (χ0) is 17.5. The molecule has 0 saturated heterocycles. The number of amides is 1. The number of nitrogens with one attached hydrogen (secondary N) is 1. The van der Waals surface area contributed by atoms with E-state index in [1.807, 2.05) is 0 Å². The zero-order valence-corrected chi connectivity index (χ0v) is 15.1. The lowest BCUT2D eigenvalue weighted by atomic mass is 10.00. The minimum atomic E-state index is 0.119. The molecule has 132 valence electrons. The standard InChI is InChI=1S/C22H28N2O/c1-2-18-8-10-19(11-9-18)16-22(25)23-13-5-14-24-15-12-20-6-3-4-7-21(20)17-24/h3-4,6-11H,2,5,12-17H2,1H3,(H,23,25). The van der Waals surface area contributed by atoms with Crippen molar-refractivity contribution in [3.8, 4) is 0 Å². The Hall–Kier alpha value is -2.13. The zero-order valence-electron chi connectivity index (χ0n) is 15.1. The molecule has 3 rings (SSSR count). The number of carbonyl (C=O) groups is 1. The quantitative estimate of drug-likeness (QED) is 0.787. The third-order valence-corrected chi connectivity index (χ3v) is 4.98.